The summed E-state index contributed by atoms with van der Waals surface area (Å²) in [4.78, 5) is 36.5. The van der Waals surface area contributed by atoms with Crippen LogP contribution >= 0.6 is 0 Å². The van der Waals surface area contributed by atoms with Crippen LogP contribution in [-0.2, 0) is 19.1 Å². The molecule has 0 aliphatic carbocycles. The van der Waals surface area contributed by atoms with Crippen LogP contribution in [0.5, 0.6) is 5.75 Å². The second-order valence-electron chi connectivity index (χ2n) is 4.68. The Hall–Kier alpha value is -2.63. The third-order valence-electron chi connectivity index (χ3n) is 3.22. The molecule has 1 aromatic rings. The molecule has 0 radical (unpaired) electrons. The Morgan fingerprint density at radius 3 is 2.73 bits per heavy atom. The molecule has 2 rings (SSSR count). The number of nitrogens with zero attached hydrogens (tertiary/aromatic N) is 1. The fourth-order valence-electron chi connectivity index (χ4n) is 2.20. The van der Waals surface area contributed by atoms with Crippen molar-refractivity contribution in [1.29, 1.82) is 0 Å². The quantitative estimate of drug-likeness (QED) is 0.467. The van der Waals surface area contributed by atoms with Gasteiger partial charge in [0.25, 0.3) is 5.91 Å². The molecule has 1 saturated heterocycles. The Labute approximate surface area is 128 Å². The van der Waals surface area contributed by atoms with E-state index in [0.717, 1.165) is 4.90 Å². The molecule has 0 bridgehead atoms. The van der Waals surface area contributed by atoms with E-state index < -0.39 is 17.8 Å². The maximum Gasteiger partial charge on any atom is 0.326 e. The van der Waals surface area contributed by atoms with E-state index in [1.165, 1.54) is 7.11 Å². The molecule has 0 spiro atoms. The van der Waals surface area contributed by atoms with E-state index in [1.54, 1.807) is 25.1 Å². The van der Waals surface area contributed by atoms with Gasteiger partial charge in [-0.15, -0.1) is 0 Å². The number of esters is 1. The number of carbonyl (C=O) groups is 3. The summed E-state index contributed by atoms with van der Waals surface area (Å²) in [5, 5.41) is 0. The number of rotatable bonds is 5. The van der Waals surface area contributed by atoms with Gasteiger partial charge in [0.15, 0.2) is 0 Å². The lowest BCUT2D eigenvalue weighted by molar-refractivity contribution is -0.151. The first-order valence-corrected chi connectivity index (χ1v) is 6.90. The summed E-state index contributed by atoms with van der Waals surface area (Å²) in [7, 11) is 1.53. The normalized spacial score (nSPS) is 16.3. The second-order valence-corrected chi connectivity index (χ2v) is 4.68. The highest BCUT2D eigenvalue weighted by molar-refractivity contribution is 6.16. The van der Waals surface area contributed by atoms with E-state index in [0.29, 0.717) is 16.9 Å². The predicted molar refractivity (Wildman–Crippen MR) is 78.9 cm³/mol. The third kappa shape index (κ3) is 3.33. The average Bonchev–Trinajstić information content (AvgIpc) is 2.76. The van der Waals surface area contributed by atoms with Crippen molar-refractivity contribution < 1.29 is 23.9 Å². The van der Waals surface area contributed by atoms with Crippen LogP contribution in [0.1, 0.15) is 18.9 Å². The van der Waals surface area contributed by atoms with Crippen LogP contribution in [-0.4, -0.2) is 42.9 Å². The fourth-order valence-corrected chi connectivity index (χ4v) is 2.20. The van der Waals surface area contributed by atoms with Crippen LogP contribution in [0.2, 0.25) is 0 Å². The number of carbonyl (C=O) groups excluding carboxylic acids is 3. The van der Waals surface area contributed by atoms with E-state index in [1.807, 2.05) is 12.1 Å². The molecule has 0 N–H and O–H groups in total. The van der Waals surface area contributed by atoms with E-state index in [2.05, 4.69) is 0 Å². The Morgan fingerprint density at radius 2 is 2.05 bits per heavy atom. The molecule has 116 valence electrons. The molecule has 2 amide bonds. The van der Waals surface area contributed by atoms with Gasteiger partial charge in [0.05, 0.1) is 20.1 Å². The molecular formula is C16H17NO5. The summed E-state index contributed by atoms with van der Waals surface area (Å²) in [6.45, 7) is 1.52. The molecule has 0 aromatic heterocycles. The van der Waals surface area contributed by atoms with Gasteiger partial charge in [0.2, 0.25) is 5.91 Å². The van der Waals surface area contributed by atoms with Crippen molar-refractivity contribution in [1.82, 2.24) is 4.90 Å². The maximum absolute atomic E-state index is 12.2. The van der Waals surface area contributed by atoms with Gasteiger partial charge in [-0.1, -0.05) is 18.2 Å². The minimum atomic E-state index is -0.595. The first kappa shape index (κ1) is 15.8. The number of hydrogen-bond donors (Lipinski definition) is 0. The van der Waals surface area contributed by atoms with E-state index >= 15 is 0 Å². The van der Waals surface area contributed by atoms with Gasteiger partial charge < -0.3 is 9.47 Å². The number of benzene rings is 1. The number of imide groups is 1. The number of hydrogen-bond acceptors (Lipinski definition) is 5. The Bertz CT molecular complexity index is 635. The molecule has 6 heteroatoms. The zero-order valence-electron chi connectivity index (χ0n) is 12.5. The van der Waals surface area contributed by atoms with Crippen molar-refractivity contribution in [2.24, 2.45) is 0 Å². The standard InChI is InChI=1S/C16H17NO5/c1-3-22-15(19)10-17-14(18)9-12(16(17)20)8-11-6-4-5-7-13(11)21-2/h4-8H,3,9-10H2,1-2H3/b12-8+. The van der Waals surface area contributed by atoms with Crippen LogP contribution in [0, 0.1) is 0 Å². The lowest BCUT2D eigenvalue weighted by atomic mass is 10.1. The highest BCUT2D eigenvalue weighted by atomic mass is 16.5. The van der Waals surface area contributed by atoms with Gasteiger partial charge in [-0.05, 0) is 19.1 Å². The fraction of sp³-hybridized carbons (Fsp3) is 0.312. The molecule has 1 aromatic carbocycles. The Kier molecular flexibility index (Phi) is 4.93. The summed E-state index contributed by atoms with van der Waals surface area (Å²) in [6, 6.07) is 7.18. The van der Waals surface area contributed by atoms with Crippen LogP contribution < -0.4 is 4.74 Å². The van der Waals surface area contributed by atoms with Gasteiger partial charge in [-0.25, -0.2) is 0 Å². The summed E-state index contributed by atoms with van der Waals surface area (Å²) in [5.74, 6) is -0.856. The zero-order valence-corrected chi connectivity index (χ0v) is 12.5. The molecule has 1 aliphatic rings. The van der Waals surface area contributed by atoms with Gasteiger partial charge in [-0.2, -0.15) is 0 Å². The van der Waals surface area contributed by atoms with Crippen molar-refractivity contribution in [2.45, 2.75) is 13.3 Å². The highest BCUT2D eigenvalue weighted by Gasteiger charge is 2.35. The molecule has 0 atom stereocenters. The van der Waals surface area contributed by atoms with E-state index in [4.69, 9.17) is 9.47 Å². The minimum absolute atomic E-state index is 0.0315. The highest BCUT2D eigenvalue weighted by Crippen LogP contribution is 2.25. The first-order valence-electron chi connectivity index (χ1n) is 6.90. The van der Waals surface area contributed by atoms with Crippen LogP contribution in [0.25, 0.3) is 6.08 Å². The molecule has 0 saturated carbocycles. The number of likely N-dealkylation sites (tertiary alicyclic amines) is 1. The van der Waals surface area contributed by atoms with E-state index in [9.17, 15) is 14.4 Å². The zero-order chi connectivity index (χ0) is 16.1. The van der Waals surface area contributed by atoms with Crippen LogP contribution in [0.3, 0.4) is 0 Å². The van der Waals surface area contributed by atoms with Crippen molar-refractivity contribution >= 4 is 23.9 Å². The predicted octanol–water partition coefficient (Wildman–Crippen LogP) is 1.40. The summed E-state index contributed by atoms with van der Waals surface area (Å²) >= 11 is 0. The number of methoxy groups -OCH3 is 1. The second kappa shape index (κ2) is 6.89. The molecular weight excluding hydrogens is 286 g/mol. The summed E-state index contributed by atoms with van der Waals surface area (Å²) in [5.41, 5.74) is 1.04. The first-order chi connectivity index (χ1) is 10.6. The molecule has 6 nitrogen and oxygen atoms in total. The molecule has 22 heavy (non-hydrogen) atoms. The molecule has 1 fully saturated rings. The Balaban J connectivity index is 2.20. The maximum atomic E-state index is 12.2. The molecule has 1 heterocycles. The minimum Gasteiger partial charge on any atom is -0.496 e. The number of ether oxygens (including phenoxy) is 2. The van der Waals surface area contributed by atoms with Crippen molar-refractivity contribution in [3.8, 4) is 5.75 Å². The summed E-state index contributed by atoms with van der Waals surface area (Å²) < 4.78 is 9.98. The average molecular weight is 303 g/mol. The molecule has 1 aliphatic heterocycles. The number of amides is 2. The lowest BCUT2D eigenvalue weighted by Gasteiger charge is -2.12. The van der Waals surface area contributed by atoms with Gasteiger partial charge in [0, 0.05) is 11.1 Å². The van der Waals surface area contributed by atoms with Gasteiger partial charge in [-0.3, -0.25) is 19.3 Å². The lowest BCUT2D eigenvalue weighted by Crippen LogP contribution is -2.35. The Morgan fingerprint density at radius 1 is 1.32 bits per heavy atom. The van der Waals surface area contributed by atoms with Crippen molar-refractivity contribution in [3.63, 3.8) is 0 Å². The summed E-state index contributed by atoms with van der Waals surface area (Å²) in [6.07, 6.45) is 1.58. The van der Waals surface area contributed by atoms with Gasteiger partial charge >= 0.3 is 5.97 Å². The third-order valence-corrected chi connectivity index (χ3v) is 3.22. The monoisotopic (exact) mass is 303 g/mol. The van der Waals surface area contributed by atoms with Crippen LogP contribution in [0.15, 0.2) is 29.8 Å². The SMILES string of the molecule is CCOC(=O)CN1C(=O)C/C(=C\c2ccccc2OC)C1=O. The van der Waals surface area contributed by atoms with Crippen LogP contribution in [0.4, 0.5) is 0 Å². The van der Waals surface area contributed by atoms with E-state index in [-0.39, 0.29) is 19.6 Å². The van der Waals surface area contributed by atoms with Crippen molar-refractivity contribution in [3.05, 3.63) is 35.4 Å². The molecule has 0 unspecified atom stereocenters. The van der Waals surface area contributed by atoms with Crippen molar-refractivity contribution in [2.75, 3.05) is 20.3 Å². The smallest absolute Gasteiger partial charge is 0.326 e. The van der Waals surface area contributed by atoms with Gasteiger partial charge in [0.1, 0.15) is 12.3 Å². The topological polar surface area (TPSA) is 72.9 Å². The number of para-hydroxylation sites is 1. The largest absolute Gasteiger partial charge is 0.496 e.